The van der Waals surface area contributed by atoms with Gasteiger partial charge >= 0.3 is 11.9 Å². The van der Waals surface area contributed by atoms with Gasteiger partial charge in [-0.2, -0.15) is 0 Å². The molecule has 0 heterocycles. The molecular weight excluding hydrogens is 360 g/mol. The van der Waals surface area contributed by atoms with Crippen LogP contribution in [0.15, 0.2) is 72.8 Å². The van der Waals surface area contributed by atoms with Crippen LogP contribution in [0, 0.1) is 0 Å². The first-order chi connectivity index (χ1) is 13.3. The van der Waals surface area contributed by atoms with Gasteiger partial charge in [-0.25, -0.2) is 9.59 Å². The Labute approximate surface area is 161 Å². The summed E-state index contributed by atoms with van der Waals surface area (Å²) in [6, 6.07) is 14.6. The number of allylic oxidation sites excluding steroid dienone is 2. The quantitative estimate of drug-likeness (QED) is 0.650. The van der Waals surface area contributed by atoms with Crippen molar-refractivity contribution < 1.29 is 29.4 Å². The highest BCUT2D eigenvalue weighted by atomic mass is 16.4. The van der Waals surface area contributed by atoms with Gasteiger partial charge in [-0.3, -0.25) is 9.59 Å². The molecule has 0 bridgehead atoms. The number of carboxylic acid groups (broad SMARTS) is 2. The molecule has 2 N–H and O–H groups in total. The molecule has 142 valence electrons. The molecule has 0 spiro atoms. The summed E-state index contributed by atoms with van der Waals surface area (Å²) in [5.74, 6) is -2.90. The molecule has 0 amide bonds. The first-order valence-electron chi connectivity index (χ1n) is 8.39. The van der Waals surface area contributed by atoms with Gasteiger partial charge in [0.25, 0.3) is 0 Å². The lowest BCUT2D eigenvalue weighted by atomic mass is 9.99. The van der Waals surface area contributed by atoms with Crippen LogP contribution >= 0.6 is 0 Å². The van der Waals surface area contributed by atoms with E-state index in [1.807, 2.05) is 24.3 Å². The molecule has 0 radical (unpaired) electrons. The highest BCUT2D eigenvalue weighted by Crippen LogP contribution is 2.21. The summed E-state index contributed by atoms with van der Waals surface area (Å²) in [5, 5.41) is 17.0. The lowest BCUT2D eigenvalue weighted by Gasteiger charge is -2.05. The van der Waals surface area contributed by atoms with E-state index in [4.69, 9.17) is 10.2 Å². The van der Waals surface area contributed by atoms with E-state index in [-0.39, 0.29) is 24.4 Å². The SMILES string of the molecule is O=C(O)C=CC(=O)Cc1ccc(-c2ccc(CC(=O)C=CC(=O)O)cc2)cc1. The Morgan fingerprint density at radius 3 is 1.18 bits per heavy atom. The highest BCUT2D eigenvalue weighted by Gasteiger charge is 2.04. The number of hydrogen-bond donors (Lipinski definition) is 2. The van der Waals surface area contributed by atoms with Gasteiger partial charge in [-0.15, -0.1) is 0 Å². The second-order valence-corrected chi connectivity index (χ2v) is 6.02. The van der Waals surface area contributed by atoms with E-state index < -0.39 is 11.9 Å². The Bertz CT molecular complexity index is 854. The summed E-state index contributed by atoms with van der Waals surface area (Å²) in [4.78, 5) is 44.2. The average Bonchev–Trinajstić information content (AvgIpc) is 2.66. The maximum absolute atomic E-state index is 11.7. The van der Waals surface area contributed by atoms with E-state index >= 15 is 0 Å². The van der Waals surface area contributed by atoms with Crippen molar-refractivity contribution in [3.05, 3.63) is 84.0 Å². The molecular formula is C22H18O6. The van der Waals surface area contributed by atoms with Crippen molar-refractivity contribution in [2.24, 2.45) is 0 Å². The summed E-state index contributed by atoms with van der Waals surface area (Å²) in [5.41, 5.74) is 3.41. The zero-order valence-electron chi connectivity index (χ0n) is 14.9. The number of ketones is 2. The lowest BCUT2D eigenvalue weighted by Crippen LogP contribution is -2.00. The monoisotopic (exact) mass is 378 g/mol. The molecule has 0 atom stereocenters. The van der Waals surface area contributed by atoms with Crippen molar-refractivity contribution in [2.75, 3.05) is 0 Å². The van der Waals surface area contributed by atoms with Crippen LogP contribution in [0.4, 0.5) is 0 Å². The highest BCUT2D eigenvalue weighted by molar-refractivity contribution is 5.97. The van der Waals surface area contributed by atoms with Gasteiger partial charge in [0, 0.05) is 25.0 Å². The number of benzene rings is 2. The number of aliphatic carboxylic acids is 2. The van der Waals surface area contributed by atoms with E-state index in [2.05, 4.69) is 0 Å². The van der Waals surface area contributed by atoms with Crippen molar-refractivity contribution in [3.63, 3.8) is 0 Å². The fraction of sp³-hybridized carbons (Fsp3) is 0.0909. The van der Waals surface area contributed by atoms with E-state index in [0.29, 0.717) is 0 Å². The minimum atomic E-state index is -1.16. The van der Waals surface area contributed by atoms with Gasteiger partial charge in [-0.05, 0) is 34.4 Å². The van der Waals surface area contributed by atoms with Gasteiger partial charge in [-0.1, -0.05) is 48.5 Å². The zero-order chi connectivity index (χ0) is 20.5. The normalized spacial score (nSPS) is 11.0. The van der Waals surface area contributed by atoms with Crippen LogP contribution < -0.4 is 0 Å². The van der Waals surface area contributed by atoms with Crippen molar-refractivity contribution in [3.8, 4) is 11.1 Å². The molecule has 0 aliphatic rings. The molecule has 28 heavy (non-hydrogen) atoms. The van der Waals surface area contributed by atoms with Gasteiger partial charge in [0.15, 0.2) is 11.6 Å². The number of hydrogen-bond acceptors (Lipinski definition) is 4. The molecule has 6 heteroatoms. The molecule has 2 aromatic rings. The predicted molar refractivity (Wildman–Crippen MR) is 103 cm³/mol. The van der Waals surface area contributed by atoms with E-state index in [1.165, 1.54) is 0 Å². The average molecular weight is 378 g/mol. The smallest absolute Gasteiger partial charge is 0.328 e. The summed E-state index contributed by atoms with van der Waals surface area (Å²) in [6.45, 7) is 0. The topological polar surface area (TPSA) is 109 Å². The van der Waals surface area contributed by atoms with Gasteiger partial charge in [0.2, 0.25) is 0 Å². The van der Waals surface area contributed by atoms with Crippen LogP contribution in [-0.2, 0) is 32.0 Å². The third kappa shape index (κ3) is 6.84. The van der Waals surface area contributed by atoms with E-state index in [1.54, 1.807) is 24.3 Å². The molecule has 0 aromatic heterocycles. The Hall–Kier alpha value is -3.80. The van der Waals surface area contributed by atoms with Crippen molar-refractivity contribution in [2.45, 2.75) is 12.8 Å². The van der Waals surface area contributed by atoms with E-state index in [0.717, 1.165) is 46.6 Å². The zero-order valence-corrected chi connectivity index (χ0v) is 14.9. The molecule has 2 rings (SSSR count). The maximum Gasteiger partial charge on any atom is 0.328 e. The molecule has 0 saturated carbocycles. The number of carbonyl (C=O) groups excluding carboxylic acids is 2. The van der Waals surface area contributed by atoms with Gasteiger partial charge in [0.05, 0.1) is 0 Å². The van der Waals surface area contributed by atoms with Crippen LogP contribution in [0.25, 0.3) is 11.1 Å². The van der Waals surface area contributed by atoms with Gasteiger partial charge in [0.1, 0.15) is 0 Å². The third-order valence-corrected chi connectivity index (χ3v) is 3.82. The van der Waals surface area contributed by atoms with Crippen molar-refractivity contribution in [1.82, 2.24) is 0 Å². The van der Waals surface area contributed by atoms with E-state index in [9.17, 15) is 19.2 Å². The van der Waals surface area contributed by atoms with Crippen LogP contribution in [-0.4, -0.2) is 33.7 Å². The molecule has 0 saturated heterocycles. The minimum absolute atomic E-state index is 0.120. The Kier molecular flexibility index (Phi) is 7.16. The molecule has 0 unspecified atom stereocenters. The first-order valence-corrected chi connectivity index (χ1v) is 8.39. The Morgan fingerprint density at radius 1 is 0.571 bits per heavy atom. The van der Waals surface area contributed by atoms with Crippen LogP contribution in [0.1, 0.15) is 11.1 Å². The van der Waals surface area contributed by atoms with Crippen molar-refractivity contribution in [1.29, 1.82) is 0 Å². The van der Waals surface area contributed by atoms with Gasteiger partial charge < -0.3 is 10.2 Å². The summed E-state index contributed by atoms with van der Waals surface area (Å²) in [7, 11) is 0. The fourth-order valence-corrected chi connectivity index (χ4v) is 2.48. The molecule has 2 aromatic carbocycles. The predicted octanol–water partition coefficient (Wildman–Crippen LogP) is 2.86. The lowest BCUT2D eigenvalue weighted by molar-refractivity contribution is -0.132. The van der Waals surface area contributed by atoms with Crippen LogP contribution in [0.5, 0.6) is 0 Å². The molecule has 0 aliphatic heterocycles. The van der Waals surface area contributed by atoms with Crippen molar-refractivity contribution >= 4 is 23.5 Å². The fourth-order valence-electron chi connectivity index (χ4n) is 2.48. The maximum atomic E-state index is 11.7. The third-order valence-electron chi connectivity index (χ3n) is 3.82. The summed E-state index contributed by atoms with van der Waals surface area (Å²) in [6.07, 6.45) is 3.97. The molecule has 6 nitrogen and oxygen atoms in total. The minimum Gasteiger partial charge on any atom is -0.478 e. The summed E-state index contributed by atoms with van der Waals surface area (Å²) >= 11 is 0. The molecule has 0 aliphatic carbocycles. The number of rotatable bonds is 9. The largest absolute Gasteiger partial charge is 0.478 e. The first kappa shape index (κ1) is 20.5. The van der Waals surface area contributed by atoms with Crippen LogP contribution in [0.3, 0.4) is 0 Å². The molecule has 0 fully saturated rings. The Balaban J connectivity index is 2.00. The second kappa shape index (κ2) is 9.78. The number of carboxylic acids is 2. The van der Waals surface area contributed by atoms with Crippen LogP contribution in [0.2, 0.25) is 0 Å². The Morgan fingerprint density at radius 2 is 0.893 bits per heavy atom. The summed E-state index contributed by atoms with van der Waals surface area (Å²) < 4.78 is 0. The number of carbonyl (C=O) groups is 4. The second-order valence-electron chi connectivity index (χ2n) is 6.02. The standard InChI is InChI=1S/C22H18O6/c23-19(9-11-21(25)26)13-15-1-5-17(6-2-15)18-7-3-16(4-8-18)14-20(24)10-12-22(27)28/h1-12H,13-14H2,(H,25,26)(H,27,28).